The van der Waals surface area contributed by atoms with Crippen LogP contribution in [-0.4, -0.2) is 46.7 Å². The lowest BCUT2D eigenvalue weighted by molar-refractivity contribution is -0.140. The van der Waals surface area contributed by atoms with Crippen LogP contribution in [0.4, 0.5) is 13.2 Å². The van der Waals surface area contributed by atoms with Crippen LogP contribution >= 0.6 is 11.6 Å². The van der Waals surface area contributed by atoms with Crippen LogP contribution < -0.4 is 10.0 Å². The zero-order valence-electron chi connectivity index (χ0n) is 12.1. The van der Waals surface area contributed by atoms with Crippen LogP contribution in [0.3, 0.4) is 0 Å². The van der Waals surface area contributed by atoms with Crippen LogP contribution in [0.5, 0.6) is 0 Å². The number of ether oxygens (including phenoxy) is 1. The SMILES string of the molecule is CNS(=O)(=O)c1cc(C(=O)OCC(=O)NCC(F)(F)F)ccc1Cl. The summed E-state index contributed by atoms with van der Waals surface area (Å²) < 4.78 is 65.7. The summed E-state index contributed by atoms with van der Waals surface area (Å²) in [7, 11) is -2.79. The Balaban J connectivity index is 2.76. The molecule has 0 heterocycles. The highest BCUT2D eigenvalue weighted by Gasteiger charge is 2.28. The van der Waals surface area contributed by atoms with Crippen LogP contribution in [0.25, 0.3) is 0 Å². The molecule has 1 rings (SSSR count). The molecule has 0 atom stereocenters. The van der Waals surface area contributed by atoms with Crippen molar-refractivity contribution in [2.75, 3.05) is 20.2 Å². The zero-order valence-corrected chi connectivity index (χ0v) is 13.7. The maximum absolute atomic E-state index is 11.9. The van der Waals surface area contributed by atoms with Crippen molar-refractivity contribution in [3.05, 3.63) is 28.8 Å². The van der Waals surface area contributed by atoms with Crippen molar-refractivity contribution in [1.82, 2.24) is 10.0 Å². The molecule has 0 saturated heterocycles. The summed E-state index contributed by atoms with van der Waals surface area (Å²) in [6, 6.07) is 3.20. The molecule has 0 saturated carbocycles. The Kier molecular flexibility index (Phi) is 6.58. The number of hydrogen-bond donors (Lipinski definition) is 2. The second-order valence-electron chi connectivity index (χ2n) is 4.32. The number of benzene rings is 1. The van der Waals surface area contributed by atoms with Crippen molar-refractivity contribution < 1.29 is 35.9 Å². The monoisotopic (exact) mass is 388 g/mol. The minimum absolute atomic E-state index is 0.149. The molecule has 0 aromatic heterocycles. The number of alkyl halides is 3. The lowest BCUT2D eigenvalue weighted by atomic mass is 10.2. The summed E-state index contributed by atoms with van der Waals surface area (Å²) in [5.41, 5.74) is -0.239. The van der Waals surface area contributed by atoms with E-state index in [0.717, 1.165) is 25.2 Å². The molecule has 7 nitrogen and oxygen atoms in total. The van der Waals surface area contributed by atoms with E-state index in [0.29, 0.717) is 0 Å². The van der Waals surface area contributed by atoms with E-state index in [2.05, 4.69) is 4.74 Å². The maximum Gasteiger partial charge on any atom is 0.405 e. The Hall–Kier alpha value is -1.85. The third-order valence-electron chi connectivity index (χ3n) is 2.55. The van der Waals surface area contributed by atoms with E-state index < -0.39 is 41.2 Å². The molecule has 0 bridgehead atoms. The maximum atomic E-state index is 11.9. The van der Waals surface area contributed by atoms with Crippen LogP contribution in [0.15, 0.2) is 23.1 Å². The average Bonchev–Trinajstić information content (AvgIpc) is 2.50. The van der Waals surface area contributed by atoms with Gasteiger partial charge in [-0.1, -0.05) is 11.6 Å². The number of sulfonamides is 1. The van der Waals surface area contributed by atoms with E-state index in [1.54, 1.807) is 0 Å². The van der Waals surface area contributed by atoms with Gasteiger partial charge in [-0.05, 0) is 25.2 Å². The van der Waals surface area contributed by atoms with Crippen molar-refractivity contribution in [2.24, 2.45) is 0 Å². The normalized spacial score (nSPS) is 11.9. The fourth-order valence-corrected chi connectivity index (χ4v) is 2.66. The molecule has 0 aliphatic rings. The van der Waals surface area contributed by atoms with Crippen LogP contribution in [0.1, 0.15) is 10.4 Å². The molecule has 1 aromatic carbocycles. The first-order valence-corrected chi connectivity index (χ1v) is 8.06. The van der Waals surface area contributed by atoms with Gasteiger partial charge in [0.25, 0.3) is 5.91 Å². The van der Waals surface area contributed by atoms with Gasteiger partial charge in [0.2, 0.25) is 10.0 Å². The molecule has 2 N–H and O–H groups in total. The van der Waals surface area contributed by atoms with Gasteiger partial charge >= 0.3 is 12.1 Å². The minimum Gasteiger partial charge on any atom is -0.452 e. The van der Waals surface area contributed by atoms with Crippen LogP contribution in [-0.2, 0) is 19.6 Å². The quantitative estimate of drug-likeness (QED) is 0.710. The number of halogens is 4. The molecule has 0 aliphatic carbocycles. The summed E-state index contributed by atoms with van der Waals surface area (Å²) in [6.07, 6.45) is -4.59. The average molecular weight is 389 g/mol. The Morgan fingerprint density at radius 3 is 2.46 bits per heavy atom. The molecular formula is C12H12ClF3N2O5S. The molecule has 12 heteroatoms. The highest BCUT2D eigenvalue weighted by molar-refractivity contribution is 7.89. The molecule has 134 valence electrons. The molecule has 0 aliphatic heterocycles. The Labute approximate surface area is 140 Å². The molecule has 0 radical (unpaired) electrons. The third-order valence-corrected chi connectivity index (χ3v) is 4.44. The smallest absolute Gasteiger partial charge is 0.405 e. The largest absolute Gasteiger partial charge is 0.452 e. The number of hydrogen-bond acceptors (Lipinski definition) is 5. The number of esters is 1. The molecule has 1 aromatic rings. The van der Waals surface area contributed by atoms with Gasteiger partial charge in [0.1, 0.15) is 11.4 Å². The predicted octanol–water partition coefficient (Wildman–Crippen LogP) is 1.08. The number of carbonyl (C=O) groups excluding carboxylic acids is 2. The lowest BCUT2D eigenvalue weighted by Crippen LogP contribution is -2.36. The highest BCUT2D eigenvalue weighted by Crippen LogP contribution is 2.22. The summed E-state index contributed by atoms with van der Waals surface area (Å²) in [5.74, 6) is -2.25. The molecular weight excluding hydrogens is 377 g/mol. The topological polar surface area (TPSA) is 102 Å². The fraction of sp³-hybridized carbons (Fsp3) is 0.333. The summed E-state index contributed by atoms with van der Waals surface area (Å²) in [4.78, 5) is 22.5. The van der Waals surface area contributed by atoms with E-state index in [4.69, 9.17) is 11.6 Å². The summed E-state index contributed by atoms with van der Waals surface area (Å²) >= 11 is 5.73. The van der Waals surface area contributed by atoms with Crippen molar-refractivity contribution in [3.8, 4) is 0 Å². The van der Waals surface area contributed by atoms with Crippen LogP contribution in [0, 0.1) is 0 Å². The standard InChI is InChI=1S/C12H12ClF3N2O5S/c1-17-24(21,22)9-4-7(2-3-8(9)13)11(20)23-5-10(19)18-6-12(14,15)16/h2-4,17H,5-6H2,1H3,(H,18,19). The molecule has 0 spiro atoms. The van der Waals surface area contributed by atoms with Crippen molar-refractivity contribution in [2.45, 2.75) is 11.1 Å². The van der Waals surface area contributed by atoms with E-state index in [-0.39, 0.29) is 15.5 Å². The van der Waals surface area contributed by atoms with E-state index in [1.807, 2.05) is 4.72 Å². The Morgan fingerprint density at radius 1 is 1.29 bits per heavy atom. The highest BCUT2D eigenvalue weighted by atomic mass is 35.5. The van der Waals surface area contributed by atoms with Gasteiger partial charge in [0.05, 0.1) is 10.6 Å². The predicted molar refractivity (Wildman–Crippen MR) is 77.0 cm³/mol. The van der Waals surface area contributed by atoms with Gasteiger partial charge < -0.3 is 10.1 Å². The lowest BCUT2D eigenvalue weighted by Gasteiger charge is -2.10. The Bertz CT molecular complexity index is 737. The van der Waals surface area contributed by atoms with E-state index in [9.17, 15) is 31.2 Å². The van der Waals surface area contributed by atoms with Gasteiger partial charge in [0.15, 0.2) is 6.61 Å². The Morgan fingerprint density at radius 2 is 1.92 bits per heavy atom. The van der Waals surface area contributed by atoms with Crippen molar-refractivity contribution in [3.63, 3.8) is 0 Å². The van der Waals surface area contributed by atoms with Gasteiger partial charge in [-0.3, -0.25) is 4.79 Å². The van der Waals surface area contributed by atoms with Gasteiger partial charge in [0, 0.05) is 0 Å². The van der Waals surface area contributed by atoms with Gasteiger partial charge in [-0.15, -0.1) is 0 Å². The third kappa shape index (κ3) is 5.98. The van der Waals surface area contributed by atoms with Gasteiger partial charge in [-0.2, -0.15) is 13.2 Å². The van der Waals surface area contributed by atoms with Crippen molar-refractivity contribution >= 4 is 33.5 Å². The zero-order chi connectivity index (χ0) is 18.5. The second-order valence-corrected chi connectivity index (χ2v) is 6.58. The number of carbonyl (C=O) groups is 2. The first-order valence-electron chi connectivity index (χ1n) is 6.20. The van der Waals surface area contributed by atoms with Crippen LogP contribution in [0.2, 0.25) is 5.02 Å². The van der Waals surface area contributed by atoms with Gasteiger partial charge in [-0.25, -0.2) is 17.9 Å². The molecule has 0 fully saturated rings. The first-order chi connectivity index (χ1) is 11.0. The summed E-state index contributed by atoms with van der Waals surface area (Å²) in [6.45, 7) is -2.51. The second kappa shape index (κ2) is 7.81. The summed E-state index contributed by atoms with van der Waals surface area (Å²) in [5, 5.41) is 1.37. The van der Waals surface area contributed by atoms with E-state index >= 15 is 0 Å². The first kappa shape index (κ1) is 20.2. The minimum atomic E-state index is -4.59. The van der Waals surface area contributed by atoms with E-state index in [1.165, 1.54) is 5.32 Å². The molecule has 24 heavy (non-hydrogen) atoms. The van der Waals surface area contributed by atoms with Crippen molar-refractivity contribution in [1.29, 1.82) is 0 Å². The number of nitrogens with one attached hydrogen (secondary N) is 2. The number of rotatable bonds is 6. The fourth-order valence-electron chi connectivity index (χ4n) is 1.41. The molecule has 0 unspecified atom stereocenters. The molecule has 1 amide bonds. The number of amides is 1.